The molecule has 0 saturated heterocycles. The Morgan fingerprint density at radius 1 is 1.08 bits per heavy atom. The second-order valence-electron chi connectivity index (χ2n) is 8.14. The number of rotatable bonds is 5. The zero-order valence-electron chi connectivity index (χ0n) is 19.2. The van der Waals surface area contributed by atoms with E-state index >= 15 is 0 Å². The molecule has 0 spiro atoms. The van der Waals surface area contributed by atoms with Gasteiger partial charge in [0, 0.05) is 6.20 Å². The third-order valence-corrected chi connectivity index (χ3v) is 7.10. The molecule has 0 aliphatic carbocycles. The van der Waals surface area contributed by atoms with Crippen LogP contribution in [0.3, 0.4) is 0 Å². The van der Waals surface area contributed by atoms with Crippen LogP contribution in [0, 0.1) is 20.8 Å². The van der Waals surface area contributed by atoms with E-state index in [0.717, 1.165) is 11.6 Å². The number of nitrogens with zero attached hydrogens (tertiary/aromatic N) is 4. The molecule has 13 heteroatoms. The van der Waals surface area contributed by atoms with E-state index in [4.69, 9.17) is 11.6 Å². The van der Waals surface area contributed by atoms with Crippen LogP contribution in [0.2, 0.25) is 5.02 Å². The van der Waals surface area contributed by atoms with E-state index < -0.39 is 27.7 Å². The molecule has 0 saturated carbocycles. The van der Waals surface area contributed by atoms with Crippen molar-refractivity contribution < 1.29 is 26.4 Å². The van der Waals surface area contributed by atoms with E-state index in [-0.39, 0.29) is 33.5 Å². The number of aryl methyl sites for hydroxylation is 3. The Morgan fingerprint density at radius 3 is 2.36 bits per heavy atom. The summed E-state index contributed by atoms with van der Waals surface area (Å²) >= 11 is 6.06. The van der Waals surface area contributed by atoms with Gasteiger partial charge < -0.3 is 4.57 Å². The van der Waals surface area contributed by atoms with Crippen LogP contribution in [0.15, 0.2) is 47.5 Å². The third-order valence-electron chi connectivity index (χ3n) is 5.43. The summed E-state index contributed by atoms with van der Waals surface area (Å²) in [7, 11) is -4.15. The van der Waals surface area contributed by atoms with Gasteiger partial charge >= 0.3 is 6.18 Å². The van der Waals surface area contributed by atoms with Crippen molar-refractivity contribution in [2.75, 3.05) is 0 Å². The number of halogens is 4. The smallest absolute Gasteiger partial charge is 0.307 e. The Kier molecular flexibility index (Phi) is 6.52. The number of carbonyl (C=O) groups is 1. The monoisotopic (exact) mass is 537 g/mol. The van der Waals surface area contributed by atoms with Crippen LogP contribution >= 0.6 is 11.6 Å². The van der Waals surface area contributed by atoms with Gasteiger partial charge in [0.25, 0.3) is 15.9 Å². The Bertz CT molecular complexity index is 1600. The number of alkyl halides is 3. The highest BCUT2D eigenvalue weighted by molar-refractivity contribution is 7.90. The number of imidazole rings is 1. The Morgan fingerprint density at radius 2 is 1.75 bits per heavy atom. The number of sulfonamides is 1. The van der Waals surface area contributed by atoms with E-state index in [1.807, 2.05) is 4.72 Å². The number of hydrogen-bond donors (Lipinski definition) is 1. The van der Waals surface area contributed by atoms with E-state index in [0.29, 0.717) is 23.1 Å². The summed E-state index contributed by atoms with van der Waals surface area (Å²) in [5.41, 5.74) is 1.05. The minimum Gasteiger partial charge on any atom is -0.307 e. The zero-order chi connectivity index (χ0) is 26.4. The number of nitrogens with one attached hydrogen (secondary N) is 1. The molecule has 8 nitrogen and oxygen atoms in total. The summed E-state index contributed by atoms with van der Waals surface area (Å²) in [6, 6.07) is 8.16. The molecule has 4 aromatic rings. The highest BCUT2D eigenvalue weighted by Crippen LogP contribution is 2.31. The zero-order valence-corrected chi connectivity index (χ0v) is 20.8. The standard InChI is InChI=1S/C23H19ClF3N5O3S/c1-12-4-6-16(7-5-12)36(34,35)31-22(33)18-8-13(2)20-21(30-18)32(14(3)29-20)11-19-17(24)9-15(10-28-19)23(25,26)27/h4-10H,11H2,1-3H3,(H,31,33). The Labute approximate surface area is 209 Å². The van der Waals surface area contributed by atoms with Crippen LogP contribution in [-0.2, 0) is 22.7 Å². The van der Waals surface area contributed by atoms with E-state index in [1.165, 1.54) is 22.8 Å². The maximum absolute atomic E-state index is 13.0. The average molecular weight is 538 g/mol. The molecule has 1 amide bonds. The van der Waals surface area contributed by atoms with Gasteiger partial charge in [0.15, 0.2) is 5.65 Å². The molecule has 0 radical (unpaired) electrons. The minimum absolute atomic E-state index is 0.0710. The quantitative estimate of drug-likeness (QED) is 0.399. The molecule has 3 aromatic heterocycles. The van der Waals surface area contributed by atoms with Crippen LogP contribution in [0.4, 0.5) is 13.2 Å². The lowest BCUT2D eigenvalue weighted by molar-refractivity contribution is -0.137. The number of benzene rings is 1. The lowest BCUT2D eigenvalue weighted by Crippen LogP contribution is -2.31. The molecule has 36 heavy (non-hydrogen) atoms. The maximum Gasteiger partial charge on any atom is 0.417 e. The number of hydrogen-bond acceptors (Lipinski definition) is 6. The van der Waals surface area contributed by atoms with Crippen LogP contribution in [0.1, 0.15) is 38.7 Å². The van der Waals surface area contributed by atoms with Crippen LogP contribution in [0.25, 0.3) is 11.2 Å². The molecule has 0 fully saturated rings. The summed E-state index contributed by atoms with van der Waals surface area (Å²) < 4.78 is 67.7. The lowest BCUT2D eigenvalue weighted by Gasteiger charge is -2.11. The van der Waals surface area contributed by atoms with Gasteiger partial charge in [0.2, 0.25) is 0 Å². The van der Waals surface area contributed by atoms with Crippen molar-refractivity contribution in [1.82, 2.24) is 24.2 Å². The van der Waals surface area contributed by atoms with Gasteiger partial charge in [-0.05, 0) is 50.6 Å². The summed E-state index contributed by atoms with van der Waals surface area (Å²) in [4.78, 5) is 25.3. The number of pyridine rings is 2. The van der Waals surface area contributed by atoms with Crippen molar-refractivity contribution in [2.24, 2.45) is 0 Å². The highest BCUT2D eigenvalue weighted by atomic mass is 35.5. The van der Waals surface area contributed by atoms with Crippen molar-refractivity contribution in [3.8, 4) is 0 Å². The normalized spacial score (nSPS) is 12.2. The summed E-state index contributed by atoms with van der Waals surface area (Å²) in [5, 5.41) is -0.194. The third kappa shape index (κ3) is 5.05. The van der Waals surface area contributed by atoms with Gasteiger partial charge in [-0.2, -0.15) is 13.2 Å². The number of amides is 1. The molecule has 1 N–H and O–H groups in total. The second-order valence-corrected chi connectivity index (χ2v) is 10.2. The molecule has 0 atom stereocenters. The van der Waals surface area contributed by atoms with Crippen molar-refractivity contribution in [3.63, 3.8) is 0 Å². The van der Waals surface area contributed by atoms with E-state index in [2.05, 4.69) is 15.0 Å². The van der Waals surface area contributed by atoms with Crippen LogP contribution in [-0.4, -0.2) is 33.8 Å². The highest BCUT2D eigenvalue weighted by Gasteiger charge is 2.31. The van der Waals surface area contributed by atoms with Gasteiger partial charge in [0.05, 0.1) is 27.7 Å². The molecule has 0 bridgehead atoms. The topological polar surface area (TPSA) is 107 Å². The van der Waals surface area contributed by atoms with Crippen LogP contribution in [0.5, 0.6) is 0 Å². The van der Waals surface area contributed by atoms with E-state index in [9.17, 15) is 26.4 Å². The van der Waals surface area contributed by atoms with Crippen molar-refractivity contribution >= 4 is 38.7 Å². The molecule has 188 valence electrons. The first-order valence-corrected chi connectivity index (χ1v) is 12.3. The van der Waals surface area contributed by atoms with Gasteiger partial charge in [-0.15, -0.1) is 0 Å². The fourth-order valence-corrected chi connectivity index (χ4v) is 4.68. The predicted molar refractivity (Wildman–Crippen MR) is 126 cm³/mol. The first kappa shape index (κ1) is 25.6. The molecule has 4 rings (SSSR count). The van der Waals surface area contributed by atoms with Crippen molar-refractivity contribution in [2.45, 2.75) is 38.4 Å². The summed E-state index contributed by atoms with van der Waals surface area (Å²) in [6.07, 6.45) is -3.91. The molecule has 0 unspecified atom stereocenters. The maximum atomic E-state index is 13.0. The van der Waals surface area contributed by atoms with Gasteiger partial charge in [0.1, 0.15) is 17.0 Å². The predicted octanol–water partition coefficient (Wildman–Crippen LogP) is 4.59. The first-order chi connectivity index (χ1) is 16.8. The second kappa shape index (κ2) is 9.17. The molecule has 0 aliphatic heterocycles. The largest absolute Gasteiger partial charge is 0.417 e. The SMILES string of the molecule is Cc1ccc(S(=O)(=O)NC(=O)c2cc(C)c3nc(C)n(Cc4ncc(C(F)(F)F)cc4Cl)c3n2)cc1. The summed E-state index contributed by atoms with van der Waals surface area (Å²) in [5.74, 6) is -0.500. The van der Waals surface area contributed by atoms with Crippen LogP contribution < -0.4 is 4.72 Å². The molecule has 3 heterocycles. The molecular formula is C23H19ClF3N5O3S. The Balaban J connectivity index is 1.69. The number of carbonyl (C=O) groups excluding carboxylic acids is 1. The minimum atomic E-state index is -4.59. The lowest BCUT2D eigenvalue weighted by atomic mass is 10.2. The fraction of sp³-hybridized carbons (Fsp3) is 0.217. The van der Waals surface area contributed by atoms with E-state index in [1.54, 1.807) is 32.9 Å². The molecule has 1 aromatic carbocycles. The first-order valence-electron chi connectivity index (χ1n) is 10.5. The Hall–Kier alpha value is -3.51. The molecule has 0 aliphatic rings. The van der Waals surface area contributed by atoms with Gasteiger partial charge in [-0.25, -0.2) is 23.1 Å². The molecular weight excluding hydrogens is 519 g/mol. The fourth-order valence-electron chi connectivity index (χ4n) is 3.49. The van der Waals surface area contributed by atoms with Crippen molar-refractivity contribution in [1.29, 1.82) is 0 Å². The van der Waals surface area contributed by atoms with Crippen molar-refractivity contribution in [3.05, 3.63) is 81.5 Å². The average Bonchev–Trinajstić information content (AvgIpc) is 3.10. The number of fused-ring (bicyclic) bond motifs is 1. The van der Waals surface area contributed by atoms with Gasteiger partial charge in [-0.3, -0.25) is 9.78 Å². The summed E-state index contributed by atoms with van der Waals surface area (Å²) in [6.45, 7) is 5.06. The van der Waals surface area contributed by atoms with Gasteiger partial charge in [-0.1, -0.05) is 29.3 Å². The number of aromatic nitrogens is 4.